The fourth-order valence-electron chi connectivity index (χ4n) is 2.15. The van der Waals surface area contributed by atoms with Crippen LogP contribution in [0.5, 0.6) is 0 Å². The molecule has 1 aromatic heterocycles. The van der Waals surface area contributed by atoms with E-state index in [1.807, 2.05) is 13.8 Å². The molecule has 1 heterocycles. The van der Waals surface area contributed by atoms with E-state index in [2.05, 4.69) is 29.6 Å². The Morgan fingerprint density at radius 1 is 1.43 bits per heavy atom. The summed E-state index contributed by atoms with van der Waals surface area (Å²) in [5.74, 6) is 0.685. The van der Waals surface area contributed by atoms with Crippen molar-refractivity contribution in [3.8, 4) is 0 Å². The fraction of sp³-hybridized carbons (Fsp3) is 0.733. The van der Waals surface area contributed by atoms with Crippen molar-refractivity contribution < 1.29 is 9.90 Å². The zero-order valence-electron chi connectivity index (χ0n) is 13.5. The van der Waals surface area contributed by atoms with Gasteiger partial charge in [-0.3, -0.25) is 5.32 Å². The molecule has 21 heavy (non-hydrogen) atoms. The molecule has 1 unspecified atom stereocenters. The smallest absolute Gasteiger partial charge is 0.320 e. The Hall–Kier alpha value is -1.56. The second kappa shape index (κ2) is 8.02. The number of anilines is 1. The van der Waals surface area contributed by atoms with E-state index >= 15 is 0 Å². The molecule has 0 saturated carbocycles. The molecule has 1 atom stereocenters. The molecule has 0 bridgehead atoms. The second-order valence-electron chi connectivity index (χ2n) is 5.59. The molecule has 0 aliphatic carbocycles. The zero-order valence-corrected chi connectivity index (χ0v) is 13.5. The first-order valence-electron chi connectivity index (χ1n) is 7.71. The molecule has 0 aromatic carbocycles. The summed E-state index contributed by atoms with van der Waals surface area (Å²) < 4.78 is 1.80. The Morgan fingerprint density at radius 3 is 2.62 bits per heavy atom. The maximum atomic E-state index is 12.0. The van der Waals surface area contributed by atoms with Gasteiger partial charge in [-0.2, -0.15) is 5.10 Å². The van der Waals surface area contributed by atoms with E-state index < -0.39 is 0 Å². The van der Waals surface area contributed by atoms with Crippen LogP contribution in [-0.2, 0) is 0 Å². The van der Waals surface area contributed by atoms with E-state index in [0.717, 1.165) is 19.3 Å². The summed E-state index contributed by atoms with van der Waals surface area (Å²) in [7, 11) is 0. The Balaban J connectivity index is 2.60. The lowest BCUT2D eigenvalue weighted by Crippen LogP contribution is -2.41. The molecule has 0 radical (unpaired) electrons. The molecule has 1 rings (SSSR count). The predicted octanol–water partition coefficient (Wildman–Crippen LogP) is 2.77. The van der Waals surface area contributed by atoms with E-state index in [9.17, 15) is 9.90 Å². The molecule has 1 aromatic rings. The van der Waals surface area contributed by atoms with E-state index in [1.54, 1.807) is 16.9 Å². The number of aromatic nitrogens is 2. The van der Waals surface area contributed by atoms with Crippen molar-refractivity contribution in [2.45, 2.75) is 53.0 Å². The number of rotatable bonds is 8. The van der Waals surface area contributed by atoms with Crippen LogP contribution >= 0.6 is 0 Å². The van der Waals surface area contributed by atoms with Gasteiger partial charge >= 0.3 is 6.03 Å². The van der Waals surface area contributed by atoms with Gasteiger partial charge in [0.2, 0.25) is 0 Å². The van der Waals surface area contributed by atoms with Crippen LogP contribution in [0.4, 0.5) is 10.6 Å². The highest BCUT2D eigenvalue weighted by atomic mass is 16.3. The van der Waals surface area contributed by atoms with Gasteiger partial charge in [0.25, 0.3) is 0 Å². The van der Waals surface area contributed by atoms with Crippen molar-refractivity contribution in [1.29, 1.82) is 0 Å². The predicted molar refractivity (Wildman–Crippen MR) is 84.4 cm³/mol. The molecule has 2 amide bonds. The monoisotopic (exact) mass is 296 g/mol. The highest BCUT2D eigenvalue weighted by molar-refractivity contribution is 5.88. The highest BCUT2D eigenvalue weighted by Crippen LogP contribution is 2.24. The molecule has 0 aliphatic heterocycles. The number of amides is 2. The largest absolute Gasteiger partial charge is 0.396 e. The maximum Gasteiger partial charge on any atom is 0.320 e. The first-order valence-corrected chi connectivity index (χ1v) is 7.71. The van der Waals surface area contributed by atoms with Gasteiger partial charge in [0.15, 0.2) is 0 Å². The molecule has 120 valence electrons. The fourth-order valence-corrected chi connectivity index (χ4v) is 2.15. The van der Waals surface area contributed by atoms with Gasteiger partial charge in [-0.15, -0.1) is 0 Å². The van der Waals surface area contributed by atoms with Crippen molar-refractivity contribution in [2.24, 2.45) is 5.41 Å². The Labute approximate surface area is 126 Å². The lowest BCUT2D eigenvalue weighted by atomic mass is 9.83. The van der Waals surface area contributed by atoms with Gasteiger partial charge in [0.1, 0.15) is 5.82 Å². The third kappa shape index (κ3) is 4.46. The molecular formula is C15H28N4O2. The van der Waals surface area contributed by atoms with Crippen LogP contribution in [0.25, 0.3) is 0 Å². The molecule has 6 heteroatoms. The Morgan fingerprint density at radius 2 is 2.10 bits per heavy atom. The van der Waals surface area contributed by atoms with Gasteiger partial charge in [-0.25, -0.2) is 9.48 Å². The average Bonchev–Trinajstić information content (AvgIpc) is 2.96. The summed E-state index contributed by atoms with van der Waals surface area (Å²) in [6.45, 7) is 8.72. The van der Waals surface area contributed by atoms with Gasteiger partial charge in [-0.05, 0) is 26.2 Å². The van der Waals surface area contributed by atoms with Crippen LogP contribution in [0.15, 0.2) is 12.3 Å². The van der Waals surface area contributed by atoms with Crippen LogP contribution in [0.1, 0.15) is 53.0 Å². The topological polar surface area (TPSA) is 79.2 Å². The molecule has 6 nitrogen and oxygen atoms in total. The van der Waals surface area contributed by atoms with E-state index in [1.165, 1.54) is 0 Å². The number of nitrogens with one attached hydrogen (secondary N) is 2. The molecule has 3 N–H and O–H groups in total. The summed E-state index contributed by atoms with van der Waals surface area (Å²) in [6.07, 6.45) is 4.27. The molecule has 0 saturated heterocycles. The minimum absolute atomic E-state index is 0.0745. The SMILES string of the molecule is CCC(C)n1nccc1NC(=O)NCC(CC)(CC)CO. The van der Waals surface area contributed by atoms with Gasteiger partial charge in [0, 0.05) is 18.0 Å². The highest BCUT2D eigenvalue weighted by Gasteiger charge is 2.25. The third-order valence-corrected chi connectivity index (χ3v) is 4.38. The summed E-state index contributed by atoms with van der Waals surface area (Å²) in [5, 5.41) is 19.4. The lowest BCUT2D eigenvalue weighted by Gasteiger charge is -2.29. The van der Waals surface area contributed by atoms with Gasteiger partial charge in [-0.1, -0.05) is 20.8 Å². The van der Waals surface area contributed by atoms with Crippen LogP contribution < -0.4 is 10.6 Å². The van der Waals surface area contributed by atoms with Crippen LogP contribution in [0, 0.1) is 5.41 Å². The summed E-state index contributed by atoms with van der Waals surface area (Å²) in [5.41, 5.74) is -0.242. The van der Waals surface area contributed by atoms with E-state index in [4.69, 9.17) is 0 Å². The van der Waals surface area contributed by atoms with Gasteiger partial charge < -0.3 is 10.4 Å². The number of nitrogens with zero attached hydrogens (tertiary/aromatic N) is 2. The van der Waals surface area contributed by atoms with Crippen molar-refractivity contribution in [1.82, 2.24) is 15.1 Å². The summed E-state index contributed by atoms with van der Waals surface area (Å²) in [6, 6.07) is 1.75. The quantitative estimate of drug-likeness (QED) is 0.690. The summed E-state index contributed by atoms with van der Waals surface area (Å²) in [4.78, 5) is 12.0. The zero-order chi connectivity index (χ0) is 15.9. The number of urea groups is 1. The first-order chi connectivity index (χ1) is 10.0. The number of hydrogen-bond acceptors (Lipinski definition) is 3. The Bertz CT molecular complexity index is 432. The van der Waals surface area contributed by atoms with Crippen molar-refractivity contribution in [3.63, 3.8) is 0 Å². The third-order valence-electron chi connectivity index (χ3n) is 4.38. The molecule has 0 spiro atoms. The first kappa shape index (κ1) is 17.5. The lowest BCUT2D eigenvalue weighted by molar-refractivity contribution is 0.116. The molecular weight excluding hydrogens is 268 g/mol. The van der Waals surface area contributed by atoms with Gasteiger partial charge in [0.05, 0.1) is 18.8 Å². The minimum atomic E-state index is -0.264. The van der Waals surface area contributed by atoms with E-state index in [-0.39, 0.29) is 24.1 Å². The number of carbonyl (C=O) groups is 1. The van der Waals surface area contributed by atoms with Crippen molar-refractivity contribution >= 4 is 11.8 Å². The number of aliphatic hydroxyl groups excluding tert-OH is 1. The van der Waals surface area contributed by atoms with Crippen LogP contribution in [0.3, 0.4) is 0 Å². The van der Waals surface area contributed by atoms with E-state index in [0.29, 0.717) is 12.4 Å². The normalized spacial score (nSPS) is 13.0. The second-order valence-corrected chi connectivity index (χ2v) is 5.59. The van der Waals surface area contributed by atoms with Crippen molar-refractivity contribution in [2.75, 3.05) is 18.5 Å². The summed E-state index contributed by atoms with van der Waals surface area (Å²) >= 11 is 0. The average molecular weight is 296 g/mol. The van der Waals surface area contributed by atoms with Crippen LogP contribution in [0.2, 0.25) is 0 Å². The van der Waals surface area contributed by atoms with Crippen LogP contribution in [-0.4, -0.2) is 34.1 Å². The Kier molecular flexibility index (Phi) is 6.68. The molecule has 0 fully saturated rings. The van der Waals surface area contributed by atoms with Crippen molar-refractivity contribution in [3.05, 3.63) is 12.3 Å². The molecule has 0 aliphatic rings. The number of aliphatic hydroxyl groups is 1. The number of carbonyl (C=O) groups excluding carboxylic acids is 1. The maximum absolute atomic E-state index is 12.0. The number of hydrogen-bond donors (Lipinski definition) is 3. The standard InChI is InChI=1S/C15H28N4O2/c1-5-12(4)19-13(8-9-17-19)18-14(21)16-10-15(6-2,7-3)11-20/h8-9,12,20H,5-7,10-11H2,1-4H3,(H2,16,18,21). The minimum Gasteiger partial charge on any atom is -0.396 e.